The van der Waals surface area contributed by atoms with Gasteiger partial charge in [-0.25, -0.2) is 9.97 Å². The quantitative estimate of drug-likeness (QED) is 0.369. The minimum absolute atomic E-state index is 0.0187. The molecule has 2 aliphatic carbocycles. The molecule has 1 amide bonds. The molecule has 1 aliphatic heterocycles. The van der Waals surface area contributed by atoms with Gasteiger partial charge in [-0.1, -0.05) is 24.3 Å². The fourth-order valence-electron chi connectivity index (χ4n) is 5.21. The van der Waals surface area contributed by atoms with Crippen molar-refractivity contribution in [1.82, 2.24) is 40.1 Å². The number of nitrogens with one attached hydrogen (secondary N) is 2. The Morgan fingerprint density at radius 3 is 2.61 bits per heavy atom. The topological polar surface area (TPSA) is 127 Å². The number of aromatic nitrogens is 7. The second-order valence-electron chi connectivity index (χ2n) is 10.4. The van der Waals surface area contributed by atoms with E-state index in [1.807, 2.05) is 6.20 Å². The number of aromatic amines is 1. The lowest BCUT2D eigenvalue weighted by atomic mass is 10.1. The van der Waals surface area contributed by atoms with Crippen LogP contribution in [0.2, 0.25) is 0 Å². The van der Waals surface area contributed by atoms with Gasteiger partial charge in [0.05, 0.1) is 24.4 Å². The standard InChI is InChI=1S/C27H29N9O2/c37-25(35-8-7-23-24(14-35)32-34-31-23)15-36-13-22(26(33-36)38-16-17-5-6-17)20-11-28-27(29-12-20)30-21-9-18-3-1-2-4-19(18)10-21/h1-4,11-13,17,21H,5-10,14-16H2,(H,28,29,30)(H,31,32,34). The van der Waals surface area contributed by atoms with Crippen LogP contribution in [0.1, 0.15) is 35.4 Å². The summed E-state index contributed by atoms with van der Waals surface area (Å²) in [5.74, 6) is 1.68. The van der Waals surface area contributed by atoms with Crippen molar-refractivity contribution in [2.45, 2.75) is 51.2 Å². The monoisotopic (exact) mass is 511 g/mol. The Balaban J connectivity index is 1.05. The van der Waals surface area contributed by atoms with E-state index in [1.165, 1.54) is 24.0 Å². The first-order valence-corrected chi connectivity index (χ1v) is 13.2. The molecule has 194 valence electrons. The number of ether oxygens (including phenoxy) is 1. The van der Waals surface area contributed by atoms with Gasteiger partial charge in [-0.05, 0) is 42.7 Å². The highest BCUT2D eigenvalue weighted by Gasteiger charge is 2.27. The van der Waals surface area contributed by atoms with Gasteiger partial charge in [0.2, 0.25) is 17.7 Å². The van der Waals surface area contributed by atoms with E-state index in [0.717, 1.165) is 35.4 Å². The van der Waals surface area contributed by atoms with Gasteiger partial charge in [0, 0.05) is 43.2 Å². The van der Waals surface area contributed by atoms with Crippen molar-refractivity contribution in [1.29, 1.82) is 0 Å². The average Bonchev–Trinajstić information content (AvgIpc) is 3.31. The molecule has 0 unspecified atom stereocenters. The Bertz CT molecular complexity index is 1430. The SMILES string of the molecule is O=C(Cn1cc(-c2cnc(NC3Cc4ccccc4C3)nc2)c(OCC2CC2)n1)N1CCc2n[nH]nc2C1. The highest BCUT2D eigenvalue weighted by atomic mass is 16.5. The van der Waals surface area contributed by atoms with Gasteiger partial charge in [0.15, 0.2) is 0 Å². The van der Waals surface area contributed by atoms with Crippen LogP contribution in [-0.4, -0.2) is 65.2 Å². The minimum Gasteiger partial charge on any atom is -0.476 e. The maximum absolute atomic E-state index is 13.1. The van der Waals surface area contributed by atoms with Crippen molar-refractivity contribution in [3.05, 3.63) is 65.4 Å². The van der Waals surface area contributed by atoms with E-state index in [-0.39, 0.29) is 18.5 Å². The van der Waals surface area contributed by atoms with Crippen molar-refractivity contribution >= 4 is 11.9 Å². The number of carbonyl (C=O) groups excluding carboxylic acids is 1. The molecular weight excluding hydrogens is 482 g/mol. The zero-order chi connectivity index (χ0) is 25.5. The van der Waals surface area contributed by atoms with Crippen molar-refractivity contribution in [2.75, 3.05) is 18.5 Å². The molecule has 0 bridgehead atoms. The van der Waals surface area contributed by atoms with Crippen LogP contribution in [-0.2, 0) is 37.1 Å². The summed E-state index contributed by atoms with van der Waals surface area (Å²) in [4.78, 5) is 24.0. The molecule has 11 heteroatoms. The van der Waals surface area contributed by atoms with E-state index < -0.39 is 0 Å². The third-order valence-electron chi connectivity index (χ3n) is 7.54. The van der Waals surface area contributed by atoms with Gasteiger partial charge in [-0.3, -0.25) is 9.48 Å². The van der Waals surface area contributed by atoms with Crippen LogP contribution < -0.4 is 10.1 Å². The predicted molar refractivity (Wildman–Crippen MR) is 138 cm³/mol. The van der Waals surface area contributed by atoms with Crippen LogP contribution in [0.3, 0.4) is 0 Å². The van der Waals surface area contributed by atoms with Gasteiger partial charge in [-0.2, -0.15) is 15.4 Å². The number of rotatable bonds is 8. The number of hydrogen-bond acceptors (Lipinski definition) is 8. The van der Waals surface area contributed by atoms with Crippen molar-refractivity contribution in [2.24, 2.45) is 5.92 Å². The third-order valence-corrected chi connectivity index (χ3v) is 7.54. The minimum atomic E-state index is -0.0187. The van der Waals surface area contributed by atoms with Gasteiger partial charge in [-0.15, -0.1) is 5.10 Å². The molecule has 7 rings (SSSR count). The van der Waals surface area contributed by atoms with Crippen LogP contribution >= 0.6 is 0 Å². The lowest BCUT2D eigenvalue weighted by Crippen LogP contribution is -2.38. The second-order valence-corrected chi connectivity index (χ2v) is 10.4. The lowest BCUT2D eigenvalue weighted by molar-refractivity contribution is -0.133. The van der Waals surface area contributed by atoms with E-state index in [2.05, 4.69) is 60.1 Å². The molecule has 3 aromatic heterocycles. The van der Waals surface area contributed by atoms with Crippen LogP contribution in [0.15, 0.2) is 42.9 Å². The molecular formula is C27H29N9O2. The van der Waals surface area contributed by atoms with Crippen molar-refractivity contribution < 1.29 is 9.53 Å². The number of fused-ring (bicyclic) bond motifs is 2. The molecule has 0 atom stereocenters. The zero-order valence-corrected chi connectivity index (χ0v) is 21.0. The number of hydrogen-bond donors (Lipinski definition) is 2. The fourth-order valence-corrected chi connectivity index (χ4v) is 5.21. The van der Waals surface area contributed by atoms with Crippen LogP contribution in [0, 0.1) is 5.92 Å². The molecule has 1 saturated carbocycles. The summed E-state index contributed by atoms with van der Waals surface area (Å²) in [7, 11) is 0. The first-order chi connectivity index (χ1) is 18.7. The highest BCUT2D eigenvalue weighted by molar-refractivity contribution is 5.76. The maximum atomic E-state index is 13.1. The zero-order valence-electron chi connectivity index (χ0n) is 21.0. The largest absolute Gasteiger partial charge is 0.476 e. The summed E-state index contributed by atoms with van der Waals surface area (Å²) < 4.78 is 7.74. The van der Waals surface area contributed by atoms with E-state index in [1.54, 1.807) is 22.0 Å². The summed E-state index contributed by atoms with van der Waals surface area (Å²) in [6, 6.07) is 8.82. The number of benzene rings is 1. The van der Waals surface area contributed by atoms with Gasteiger partial charge in [0.1, 0.15) is 12.2 Å². The molecule has 1 aromatic carbocycles. The highest BCUT2D eigenvalue weighted by Crippen LogP contribution is 2.33. The smallest absolute Gasteiger partial charge is 0.244 e. The van der Waals surface area contributed by atoms with E-state index in [0.29, 0.717) is 43.9 Å². The Morgan fingerprint density at radius 2 is 1.84 bits per heavy atom. The molecule has 2 N–H and O–H groups in total. The van der Waals surface area contributed by atoms with Crippen LogP contribution in [0.5, 0.6) is 5.88 Å². The number of nitrogens with zero attached hydrogens (tertiary/aromatic N) is 7. The van der Waals surface area contributed by atoms with E-state index in [4.69, 9.17) is 4.74 Å². The molecule has 4 aromatic rings. The second kappa shape index (κ2) is 9.55. The van der Waals surface area contributed by atoms with E-state index in [9.17, 15) is 4.79 Å². The third kappa shape index (κ3) is 4.71. The van der Waals surface area contributed by atoms with E-state index >= 15 is 0 Å². The van der Waals surface area contributed by atoms with Crippen LogP contribution in [0.25, 0.3) is 11.1 Å². The van der Waals surface area contributed by atoms with Crippen molar-refractivity contribution in [3.63, 3.8) is 0 Å². The fraction of sp³-hybridized carbons (Fsp3) is 0.407. The average molecular weight is 512 g/mol. The van der Waals surface area contributed by atoms with Gasteiger partial charge >= 0.3 is 0 Å². The molecule has 0 spiro atoms. The van der Waals surface area contributed by atoms with Gasteiger partial charge < -0.3 is 15.0 Å². The molecule has 1 fully saturated rings. The summed E-state index contributed by atoms with van der Waals surface area (Å²) in [5.41, 5.74) is 6.11. The number of anilines is 1. The first kappa shape index (κ1) is 22.9. The number of amides is 1. The molecule has 0 saturated heterocycles. The Kier molecular flexibility index (Phi) is 5.75. The maximum Gasteiger partial charge on any atom is 0.244 e. The summed E-state index contributed by atoms with van der Waals surface area (Å²) in [6.45, 7) is 1.82. The number of H-pyrrole nitrogens is 1. The molecule has 3 aliphatic rings. The lowest BCUT2D eigenvalue weighted by Gasteiger charge is -2.25. The first-order valence-electron chi connectivity index (χ1n) is 13.2. The van der Waals surface area contributed by atoms with Crippen LogP contribution in [0.4, 0.5) is 5.95 Å². The summed E-state index contributed by atoms with van der Waals surface area (Å²) in [6.07, 6.45) is 10.4. The normalized spacial score (nSPS) is 16.8. The molecule has 4 heterocycles. The predicted octanol–water partition coefficient (Wildman–Crippen LogP) is 2.41. The molecule has 38 heavy (non-hydrogen) atoms. The number of carbonyl (C=O) groups is 1. The Hall–Kier alpha value is -4.28. The van der Waals surface area contributed by atoms with Crippen molar-refractivity contribution in [3.8, 4) is 17.0 Å². The Labute approximate surface area is 219 Å². The Morgan fingerprint density at radius 1 is 1.08 bits per heavy atom. The molecule has 11 nitrogen and oxygen atoms in total. The summed E-state index contributed by atoms with van der Waals surface area (Å²) >= 11 is 0. The molecule has 0 radical (unpaired) electrons. The van der Waals surface area contributed by atoms with Gasteiger partial charge in [0.25, 0.3) is 0 Å². The summed E-state index contributed by atoms with van der Waals surface area (Å²) in [5, 5.41) is 19.0.